The van der Waals surface area contributed by atoms with Crippen LogP contribution in [0.25, 0.3) is 21.3 Å². The molecule has 0 spiro atoms. The monoisotopic (exact) mass is 455 g/mol. The van der Waals surface area contributed by atoms with Gasteiger partial charge in [-0.25, -0.2) is 9.97 Å². The molecule has 0 radical (unpaired) electrons. The van der Waals surface area contributed by atoms with Crippen molar-refractivity contribution in [2.45, 2.75) is 24.0 Å². The van der Waals surface area contributed by atoms with Gasteiger partial charge in [0, 0.05) is 17.6 Å². The number of rotatable bonds is 6. The van der Waals surface area contributed by atoms with E-state index in [0.29, 0.717) is 5.13 Å². The van der Waals surface area contributed by atoms with E-state index in [1.807, 2.05) is 18.2 Å². The molecule has 10 heteroatoms. The molecule has 0 bridgehead atoms. The number of fused-ring (bicyclic) bond motifs is 1. The van der Waals surface area contributed by atoms with Crippen molar-refractivity contribution in [3.8, 4) is 11.1 Å². The minimum Gasteiger partial charge on any atom is -0.371 e. The highest BCUT2D eigenvalue weighted by Crippen LogP contribution is 2.38. The Labute approximate surface area is 184 Å². The standard InChI is InChI=1S/C20H17N5O2S3/c26-15(23-20-25-24-17(30-20)14-7-4-8-27-14)10-29-19-16-13(12-5-2-1-3-6-12)9-28-18(16)21-11-22-19/h1-3,5-6,9,11,14H,4,7-8,10H2,(H,23,25,26). The summed E-state index contributed by atoms with van der Waals surface area (Å²) in [6.07, 6.45) is 3.54. The predicted molar refractivity (Wildman–Crippen MR) is 120 cm³/mol. The van der Waals surface area contributed by atoms with Gasteiger partial charge >= 0.3 is 0 Å². The lowest BCUT2D eigenvalue weighted by Gasteiger charge is -2.05. The molecule has 152 valence electrons. The van der Waals surface area contributed by atoms with Crippen LogP contribution in [0.3, 0.4) is 0 Å². The second kappa shape index (κ2) is 8.76. The highest BCUT2D eigenvalue weighted by atomic mass is 32.2. The van der Waals surface area contributed by atoms with Gasteiger partial charge in [-0.3, -0.25) is 10.1 Å². The molecular weight excluding hydrogens is 438 g/mol. The molecule has 4 aromatic rings. The van der Waals surface area contributed by atoms with Crippen LogP contribution in [0, 0.1) is 0 Å². The third kappa shape index (κ3) is 4.08. The fourth-order valence-corrected chi connectivity index (χ4v) is 5.90. The average molecular weight is 456 g/mol. The number of carbonyl (C=O) groups excluding carboxylic acids is 1. The summed E-state index contributed by atoms with van der Waals surface area (Å²) >= 11 is 4.35. The summed E-state index contributed by atoms with van der Waals surface area (Å²) in [6.45, 7) is 0.754. The van der Waals surface area contributed by atoms with E-state index in [4.69, 9.17) is 4.74 Å². The van der Waals surface area contributed by atoms with Crippen LogP contribution in [0.5, 0.6) is 0 Å². The molecule has 3 aromatic heterocycles. The number of thiophene rings is 1. The van der Waals surface area contributed by atoms with Gasteiger partial charge in [-0.2, -0.15) is 0 Å². The highest BCUT2D eigenvalue weighted by Gasteiger charge is 2.22. The molecule has 1 aliphatic rings. The third-order valence-electron chi connectivity index (χ3n) is 4.65. The van der Waals surface area contributed by atoms with Crippen LogP contribution in [0.4, 0.5) is 5.13 Å². The van der Waals surface area contributed by atoms with Gasteiger partial charge < -0.3 is 4.74 Å². The second-order valence-electron chi connectivity index (χ2n) is 6.66. The second-order valence-corrected chi connectivity index (χ2v) is 9.49. The zero-order valence-electron chi connectivity index (χ0n) is 15.8. The van der Waals surface area contributed by atoms with Gasteiger partial charge in [0.05, 0.1) is 11.1 Å². The molecule has 1 N–H and O–H groups in total. The number of carbonyl (C=O) groups is 1. The van der Waals surface area contributed by atoms with E-state index in [9.17, 15) is 4.79 Å². The van der Waals surface area contributed by atoms with Crippen molar-refractivity contribution in [1.29, 1.82) is 0 Å². The van der Waals surface area contributed by atoms with Crippen molar-refractivity contribution in [2.75, 3.05) is 17.7 Å². The summed E-state index contributed by atoms with van der Waals surface area (Å²) in [5, 5.41) is 16.3. The number of nitrogens with zero attached hydrogens (tertiary/aromatic N) is 4. The molecule has 1 fully saturated rings. The Morgan fingerprint density at radius 1 is 1.23 bits per heavy atom. The third-order valence-corrected chi connectivity index (χ3v) is 7.46. The normalized spacial score (nSPS) is 16.2. The zero-order valence-corrected chi connectivity index (χ0v) is 18.2. The Kier molecular flexibility index (Phi) is 5.71. The predicted octanol–water partition coefficient (Wildman–Crippen LogP) is 4.79. The van der Waals surface area contributed by atoms with Gasteiger partial charge in [0.25, 0.3) is 0 Å². The molecule has 0 aliphatic carbocycles. The average Bonchev–Trinajstić information content (AvgIpc) is 3.53. The van der Waals surface area contributed by atoms with Crippen molar-refractivity contribution in [1.82, 2.24) is 20.2 Å². The first-order valence-corrected chi connectivity index (χ1v) is 12.1. The maximum atomic E-state index is 12.5. The summed E-state index contributed by atoms with van der Waals surface area (Å²) in [5.74, 6) is 0.0867. The van der Waals surface area contributed by atoms with E-state index in [2.05, 4.69) is 43.0 Å². The first-order valence-electron chi connectivity index (χ1n) is 9.43. The van der Waals surface area contributed by atoms with Crippen LogP contribution in [0.1, 0.15) is 24.0 Å². The quantitative estimate of drug-likeness (QED) is 0.330. The molecule has 0 saturated carbocycles. The van der Waals surface area contributed by atoms with Crippen molar-refractivity contribution in [3.05, 3.63) is 47.0 Å². The lowest BCUT2D eigenvalue weighted by atomic mass is 10.1. The largest absolute Gasteiger partial charge is 0.371 e. The molecular formula is C20H17N5O2S3. The number of thioether (sulfide) groups is 1. The van der Waals surface area contributed by atoms with Crippen LogP contribution in [0.15, 0.2) is 47.1 Å². The fraction of sp³-hybridized carbons (Fsp3) is 0.250. The minimum atomic E-state index is -0.140. The van der Waals surface area contributed by atoms with E-state index >= 15 is 0 Å². The summed E-state index contributed by atoms with van der Waals surface area (Å²) in [7, 11) is 0. The SMILES string of the molecule is O=C(CSc1ncnc2scc(-c3ccccc3)c12)Nc1nnc(C2CCCO2)s1. The Balaban J connectivity index is 1.29. The number of anilines is 1. The summed E-state index contributed by atoms with van der Waals surface area (Å²) in [6, 6.07) is 10.1. The topological polar surface area (TPSA) is 89.9 Å². The van der Waals surface area contributed by atoms with Gasteiger partial charge in [0.2, 0.25) is 11.0 Å². The van der Waals surface area contributed by atoms with E-state index < -0.39 is 0 Å². The van der Waals surface area contributed by atoms with Gasteiger partial charge in [-0.1, -0.05) is 53.4 Å². The van der Waals surface area contributed by atoms with Crippen LogP contribution in [0.2, 0.25) is 0 Å². The van der Waals surface area contributed by atoms with Gasteiger partial charge in [-0.05, 0) is 18.4 Å². The van der Waals surface area contributed by atoms with Crippen molar-refractivity contribution < 1.29 is 9.53 Å². The van der Waals surface area contributed by atoms with E-state index in [1.165, 1.54) is 23.1 Å². The maximum absolute atomic E-state index is 12.5. The molecule has 7 nitrogen and oxygen atoms in total. The fourth-order valence-electron chi connectivity index (χ4n) is 3.26. The molecule has 1 unspecified atom stereocenters. The molecule has 1 aromatic carbocycles. The summed E-state index contributed by atoms with van der Waals surface area (Å²) in [4.78, 5) is 22.2. The number of benzene rings is 1. The molecule has 1 aliphatic heterocycles. The number of ether oxygens (including phenoxy) is 1. The minimum absolute atomic E-state index is 0.00632. The maximum Gasteiger partial charge on any atom is 0.236 e. The van der Waals surface area contributed by atoms with Crippen LogP contribution in [-0.2, 0) is 9.53 Å². The van der Waals surface area contributed by atoms with Gasteiger partial charge in [0.1, 0.15) is 27.3 Å². The van der Waals surface area contributed by atoms with Crippen LogP contribution < -0.4 is 5.32 Å². The smallest absolute Gasteiger partial charge is 0.236 e. The van der Waals surface area contributed by atoms with E-state index in [-0.39, 0.29) is 17.8 Å². The summed E-state index contributed by atoms with van der Waals surface area (Å²) in [5.41, 5.74) is 2.20. The number of aromatic nitrogens is 4. The van der Waals surface area contributed by atoms with Crippen LogP contribution in [-0.4, -0.2) is 38.4 Å². The Morgan fingerprint density at radius 3 is 2.97 bits per heavy atom. The number of hydrogen-bond acceptors (Lipinski definition) is 9. The van der Waals surface area contributed by atoms with Crippen molar-refractivity contribution in [3.63, 3.8) is 0 Å². The number of nitrogens with one attached hydrogen (secondary N) is 1. The first kappa shape index (κ1) is 19.6. The Bertz CT molecular complexity index is 1170. The number of amides is 1. The molecule has 5 rings (SSSR count). The van der Waals surface area contributed by atoms with Gasteiger partial charge in [-0.15, -0.1) is 21.5 Å². The molecule has 30 heavy (non-hydrogen) atoms. The van der Waals surface area contributed by atoms with Crippen LogP contribution >= 0.6 is 34.4 Å². The van der Waals surface area contributed by atoms with E-state index in [1.54, 1.807) is 17.7 Å². The molecule has 1 amide bonds. The van der Waals surface area contributed by atoms with E-state index in [0.717, 1.165) is 50.8 Å². The van der Waals surface area contributed by atoms with Crippen molar-refractivity contribution in [2.24, 2.45) is 0 Å². The first-order chi connectivity index (χ1) is 14.8. The van der Waals surface area contributed by atoms with Crippen molar-refractivity contribution >= 4 is 55.7 Å². The zero-order chi connectivity index (χ0) is 20.3. The lowest BCUT2D eigenvalue weighted by molar-refractivity contribution is -0.113. The Morgan fingerprint density at radius 2 is 2.13 bits per heavy atom. The van der Waals surface area contributed by atoms with Gasteiger partial charge in [0.15, 0.2) is 0 Å². The molecule has 1 saturated heterocycles. The molecule has 1 atom stereocenters. The number of hydrogen-bond donors (Lipinski definition) is 1. The summed E-state index contributed by atoms with van der Waals surface area (Å²) < 4.78 is 5.62. The lowest BCUT2D eigenvalue weighted by Crippen LogP contribution is -2.14. The Hall–Kier alpha value is -2.40. The molecule has 4 heterocycles. The highest BCUT2D eigenvalue weighted by molar-refractivity contribution is 8.00.